The summed E-state index contributed by atoms with van der Waals surface area (Å²) in [5.41, 5.74) is 2.78. The van der Waals surface area contributed by atoms with Crippen molar-refractivity contribution in [3.63, 3.8) is 0 Å². The highest BCUT2D eigenvalue weighted by atomic mass is 16.6. The molecule has 2 aromatic carbocycles. The van der Waals surface area contributed by atoms with Gasteiger partial charge in [-0.25, -0.2) is 4.79 Å². The zero-order valence-electron chi connectivity index (χ0n) is 16.3. The number of benzene rings is 2. The van der Waals surface area contributed by atoms with Crippen molar-refractivity contribution in [2.75, 3.05) is 0 Å². The van der Waals surface area contributed by atoms with Gasteiger partial charge in [0.05, 0.1) is 0 Å². The van der Waals surface area contributed by atoms with E-state index in [1.54, 1.807) is 0 Å². The van der Waals surface area contributed by atoms with Gasteiger partial charge >= 0.3 is 6.09 Å². The zero-order chi connectivity index (χ0) is 19.2. The summed E-state index contributed by atoms with van der Waals surface area (Å²) in [6, 6.07) is 16.2. The molecule has 4 nitrogen and oxygen atoms in total. The van der Waals surface area contributed by atoms with Crippen molar-refractivity contribution in [1.82, 2.24) is 5.32 Å². The molecule has 0 aromatic heterocycles. The summed E-state index contributed by atoms with van der Waals surface area (Å²) >= 11 is 0. The van der Waals surface area contributed by atoms with Crippen LogP contribution in [0.5, 0.6) is 5.75 Å². The van der Waals surface area contributed by atoms with Gasteiger partial charge in [0.25, 0.3) is 0 Å². The Balaban J connectivity index is 2.06. The number of hydrogen-bond acceptors (Lipinski definition) is 3. The van der Waals surface area contributed by atoms with Crippen LogP contribution in [0.25, 0.3) is 0 Å². The molecule has 0 saturated heterocycles. The molecule has 2 aromatic rings. The first-order chi connectivity index (χ1) is 12.2. The van der Waals surface area contributed by atoms with E-state index in [-0.39, 0.29) is 0 Å². The molecule has 0 spiro atoms. The topological polar surface area (TPSA) is 47.6 Å². The Kier molecular flexibility index (Phi) is 6.67. The zero-order valence-corrected chi connectivity index (χ0v) is 16.3. The lowest BCUT2D eigenvalue weighted by Crippen LogP contribution is -2.32. The summed E-state index contributed by atoms with van der Waals surface area (Å²) in [5.74, 6) is 1.18. The molecule has 0 heterocycles. The number of nitrogens with one attached hydrogen (secondary N) is 1. The number of carbonyl (C=O) groups is 1. The van der Waals surface area contributed by atoms with Crippen molar-refractivity contribution in [2.45, 2.75) is 59.3 Å². The van der Waals surface area contributed by atoms with Gasteiger partial charge in [0.2, 0.25) is 0 Å². The Morgan fingerprint density at radius 1 is 1.04 bits per heavy atom. The molecule has 2 rings (SSSR count). The van der Waals surface area contributed by atoms with Crippen molar-refractivity contribution >= 4 is 6.09 Å². The maximum absolute atomic E-state index is 11.9. The van der Waals surface area contributed by atoms with Crippen LogP contribution in [0, 0.1) is 0 Å². The van der Waals surface area contributed by atoms with Gasteiger partial charge in [-0.15, -0.1) is 0 Å². The molecule has 4 heteroatoms. The van der Waals surface area contributed by atoms with Gasteiger partial charge < -0.3 is 14.8 Å². The van der Waals surface area contributed by atoms with Crippen molar-refractivity contribution in [1.29, 1.82) is 0 Å². The molecule has 1 amide bonds. The first-order valence-corrected chi connectivity index (χ1v) is 9.00. The lowest BCUT2D eigenvalue weighted by molar-refractivity contribution is 0.0523. The van der Waals surface area contributed by atoms with E-state index in [1.807, 2.05) is 57.2 Å². The van der Waals surface area contributed by atoms with E-state index in [0.717, 1.165) is 16.9 Å². The van der Waals surface area contributed by atoms with Crippen LogP contribution >= 0.6 is 0 Å². The van der Waals surface area contributed by atoms with E-state index in [2.05, 4.69) is 31.3 Å². The van der Waals surface area contributed by atoms with Crippen molar-refractivity contribution in [2.24, 2.45) is 0 Å². The van der Waals surface area contributed by atoms with Gasteiger partial charge in [-0.1, -0.05) is 50.2 Å². The lowest BCUT2D eigenvalue weighted by atomic mass is 10.0. The number of ether oxygens (including phenoxy) is 2. The van der Waals surface area contributed by atoms with E-state index in [1.165, 1.54) is 5.56 Å². The average Bonchev–Trinajstić information content (AvgIpc) is 2.57. The highest BCUT2D eigenvalue weighted by Crippen LogP contribution is 2.24. The fraction of sp³-hybridized carbons (Fsp3) is 0.409. The van der Waals surface area contributed by atoms with E-state index >= 15 is 0 Å². The predicted octanol–water partition coefficient (Wildman–Crippen LogP) is 5.41. The molecule has 140 valence electrons. The molecule has 0 unspecified atom stereocenters. The normalized spacial score (nSPS) is 11.3. The van der Waals surface area contributed by atoms with Gasteiger partial charge in [0, 0.05) is 6.54 Å². The Bertz CT molecular complexity index is 718. The van der Waals surface area contributed by atoms with Crippen LogP contribution in [0.15, 0.2) is 48.5 Å². The molecule has 26 heavy (non-hydrogen) atoms. The minimum Gasteiger partial charge on any atom is -0.489 e. The van der Waals surface area contributed by atoms with E-state index < -0.39 is 11.7 Å². The molecule has 0 saturated carbocycles. The maximum atomic E-state index is 11.9. The van der Waals surface area contributed by atoms with Crippen molar-refractivity contribution in [3.05, 3.63) is 65.2 Å². The van der Waals surface area contributed by atoms with Crippen LogP contribution in [0.4, 0.5) is 4.79 Å². The molecule has 0 bridgehead atoms. The highest BCUT2D eigenvalue weighted by Gasteiger charge is 2.16. The summed E-state index contributed by atoms with van der Waals surface area (Å²) < 4.78 is 11.3. The predicted molar refractivity (Wildman–Crippen MR) is 104 cm³/mol. The Hall–Kier alpha value is -2.49. The van der Waals surface area contributed by atoms with Gasteiger partial charge in [-0.05, 0) is 55.5 Å². The number of carbonyl (C=O) groups excluding carboxylic acids is 1. The van der Waals surface area contributed by atoms with Gasteiger partial charge in [0.1, 0.15) is 18.0 Å². The van der Waals surface area contributed by atoms with Crippen LogP contribution in [0.3, 0.4) is 0 Å². The number of amides is 1. The monoisotopic (exact) mass is 355 g/mol. The standard InChI is InChI=1S/C22H29NO3/c1-16(2)19-11-18(14-23-21(24)26-22(3,4)5)12-20(13-19)25-15-17-9-7-6-8-10-17/h6-13,16H,14-15H2,1-5H3,(H,23,24). The molecule has 0 aliphatic heterocycles. The van der Waals surface area contributed by atoms with Gasteiger partial charge in [-0.2, -0.15) is 0 Å². The number of hydrogen-bond donors (Lipinski definition) is 1. The van der Waals surface area contributed by atoms with E-state index in [9.17, 15) is 4.79 Å². The minimum absolute atomic E-state index is 0.371. The summed E-state index contributed by atoms with van der Waals surface area (Å²) in [5, 5.41) is 2.81. The Morgan fingerprint density at radius 3 is 2.35 bits per heavy atom. The number of alkyl carbamates (subject to hydrolysis) is 1. The number of rotatable bonds is 6. The first-order valence-electron chi connectivity index (χ1n) is 9.00. The molecule has 0 aliphatic rings. The minimum atomic E-state index is -0.506. The fourth-order valence-corrected chi connectivity index (χ4v) is 2.43. The molecule has 1 N–H and O–H groups in total. The van der Waals surface area contributed by atoms with Crippen LogP contribution in [0.1, 0.15) is 57.2 Å². The molecule has 0 radical (unpaired) electrons. The third-order valence-corrected chi connectivity index (χ3v) is 3.74. The van der Waals surface area contributed by atoms with Crippen LogP contribution in [-0.2, 0) is 17.9 Å². The van der Waals surface area contributed by atoms with Crippen LogP contribution < -0.4 is 10.1 Å². The Morgan fingerprint density at radius 2 is 1.73 bits per heavy atom. The van der Waals surface area contributed by atoms with Crippen molar-refractivity contribution < 1.29 is 14.3 Å². The van der Waals surface area contributed by atoms with Crippen LogP contribution in [0.2, 0.25) is 0 Å². The maximum Gasteiger partial charge on any atom is 0.407 e. The van der Waals surface area contributed by atoms with Crippen molar-refractivity contribution in [3.8, 4) is 5.75 Å². The molecular formula is C22H29NO3. The van der Waals surface area contributed by atoms with E-state index in [0.29, 0.717) is 19.1 Å². The molecule has 0 atom stereocenters. The van der Waals surface area contributed by atoms with Gasteiger partial charge in [0.15, 0.2) is 0 Å². The largest absolute Gasteiger partial charge is 0.489 e. The summed E-state index contributed by atoms with van der Waals surface area (Å²) in [4.78, 5) is 11.9. The average molecular weight is 355 g/mol. The second-order valence-electron chi connectivity index (χ2n) is 7.69. The third-order valence-electron chi connectivity index (χ3n) is 3.74. The molecule has 0 fully saturated rings. The smallest absolute Gasteiger partial charge is 0.407 e. The summed E-state index contributed by atoms with van der Waals surface area (Å²) in [6.45, 7) is 10.7. The summed E-state index contributed by atoms with van der Waals surface area (Å²) in [6.07, 6.45) is -0.417. The molecule has 0 aliphatic carbocycles. The summed E-state index contributed by atoms with van der Waals surface area (Å²) in [7, 11) is 0. The van der Waals surface area contributed by atoms with Crippen LogP contribution in [-0.4, -0.2) is 11.7 Å². The second kappa shape index (κ2) is 8.75. The fourth-order valence-electron chi connectivity index (χ4n) is 2.43. The third kappa shape index (κ3) is 6.79. The van der Waals surface area contributed by atoms with E-state index in [4.69, 9.17) is 9.47 Å². The quantitative estimate of drug-likeness (QED) is 0.753. The second-order valence-corrected chi connectivity index (χ2v) is 7.69. The lowest BCUT2D eigenvalue weighted by Gasteiger charge is -2.20. The van der Waals surface area contributed by atoms with Gasteiger partial charge in [-0.3, -0.25) is 0 Å². The SMILES string of the molecule is CC(C)c1cc(CNC(=O)OC(C)(C)C)cc(OCc2ccccc2)c1. The molecular weight excluding hydrogens is 326 g/mol. The Labute approximate surface area is 156 Å². The first kappa shape index (κ1) is 19.8. The highest BCUT2D eigenvalue weighted by molar-refractivity contribution is 5.67.